The van der Waals surface area contributed by atoms with E-state index in [0.717, 1.165) is 6.42 Å². The quantitative estimate of drug-likeness (QED) is 0.588. The lowest BCUT2D eigenvalue weighted by Crippen LogP contribution is -1.95. The van der Waals surface area contributed by atoms with Gasteiger partial charge in [0.25, 0.3) is 0 Å². The Hall–Kier alpha value is -0.780. The Kier molecular flexibility index (Phi) is 3.86. The van der Waals surface area contributed by atoms with Crippen LogP contribution in [-0.2, 0) is 0 Å². The molecule has 0 nitrogen and oxygen atoms in total. The summed E-state index contributed by atoms with van der Waals surface area (Å²) in [5.74, 6) is 0. The summed E-state index contributed by atoms with van der Waals surface area (Å²) in [6.07, 6.45) is 12.8. The standard InChI is InChI=1S/C12H18/c1-3-5-8-12-10-7-6-9-11(12)4-2/h4-5,8H,2-3,6-7,9-10H2,1H3/b8-5-. The molecule has 0 atom stereocenters. The fourth-order valence-corrected chi connectivity index (χ4v) is 1.64. The third-order valence-corrected chi connectivity index (χ3v) is 2.36. The summed E-state index contributed by atoms with van der Waals surface area (Å²) in [7, 11) is 0. The second-order valence-electron chi connectivity index (χ2n) is 3.27. The van der Waals surface area contributed by atoms with Crippen molar-refractivity contribution in [3.63, 3.8) is 0 Å². The highest BCUT2D eigenvalue weighted by molar-refractivity contribution is 5.33. The molecule has 0 heteroatoms. The molecule has 0 heterocycles. The molecule has 0 N–H and O–H groups in total. The van der Waals surface area contributed by atoms with E-state index in [1.54, 1.807) is 0 Å². The van der Waals surface area contributed by atoms with Crippen molar-refractivity contribution in [2.45, 2.75) is 39.0 Å². The lowest BCUT2D eigenvalue weighted by molar-refractivity contribution is 0.693. The Labute approximate surface area is 75.7 Å². The highest BCUT2D eigenvalue weighted by Gasteiger charge is 2.06. The molecule has 0 aromatic rings. The SMILES string of the molecule is C=CC1=C(/C=C\CC)CCCC1. The third-order valence-electron chi connectivity index (χ3n) is 2.36. The zero-order valence-corrected chi connectivity index (χ0v) is 7.97. The summed E-state index contributed by atoms with van der Waals surface area (Å²) in [6, 6.07) is 0. The Balaban J connectivity index is 2.72. The molecule has 0 fully saturated rings. The maximum Gasteiger partial charge on any atom is -0.0276 e. The second kappa shape index (κ2) is 4.97. The van der Waals surface area contributed by atoms with Gasteiger partial charge in [0, 0.05) is 0 Å². The Morgan fingerprint density at radius 3 is 2.50 bits per heavy atom. The molecule has 0 aromatic carbocycles. The van der Waals surface area contributed by atoms with Gasteiger partial charge in [0.1, 0.15) is 0 Å². The first-order valence-corrected chi connectivity index (χ1v) is 4.89. The topological polar surface area (TPSA) is 0 Å². The molecule has 12 heavy (non-hydrogen) atoms. The largest absolute Gasteiger partial charge is 0.0988 e. The van der Waals surface area contributed by atoms with E-state index >= 15 is 0 Å². The summed E-state index contributed by atoms with van der Waals surface area (Å²) in [5.41, 5.74) is 2.98. The number of hydrogen-bond acceptors (Lipinski definition) is 0. The molecular formula is C12H18. The van der Waals surface area contributed by atoms with Crippen molar-refractivity contribution in [2.75, 3.05) is 0 Å². The van der Waals surface area contributed by atoms with E-state index in [-0.39, 0.29) is 0 Å². The van der Waals surface area contributed by atoms with Crippen LogP contribution in [0.3, 0.4) is 0 Å². The summed E-state index contributed by atoms with van der Waals surface area (Å²) >= 11 is 0. The van der Waals surface area contributed by atoms with Gasteiger partial charge in [0.15, 0.2) is 0 Å². The van der Waals surface area contributed by atoms with Crippen LogP contribution in [0.5, 0.6) is 0 Å². The molecule has 0 saturated heterocycles. The Bertz CT molecular complexity index is 206. The minimum atomic E-state index is 1.13. The van der Waals surface area contributed by atoms with Crippen LogP contribution in [-0.4, -0.2) is 0 Å². The third kappa shape index (κ3) is 2.37. The molecule has 1 rings (SSSR count). The van der Waals surface area contributed by atoms with Gasteiger partial charge in [0.05, 0.1) is 0 Å². The summed E-state index contributed by atoms with van der Waals surface area (Å²) in [6.45, 7) is 6.02. The van der Waals surface area contributed by atoms with Crippen LogP contribution in [0.2, 0.25) is 0 Å². The van der Waals surface area contributed by atoms with Gasteiger partial charge >= 0.3 is 0 Å². The summed E-state index contributed by atoms with van der Waals surface area (Å²) in [4.78, 5) is 0. The zero-order chi connectivity index (χ0) is 8.81. The monoisotopic (exact) mass is 162 g/mol. The summed E-state index contributed by atoms with van der Waals surface area (Å²) in [5, 5.41) is 0. The van der Waals surface area contributed by atoms with Crippen molar-refractivity contribution in [2.24, 2.45) is 0 Å². The minimum absolute atomic E-state index is 1.13. The predicted octanol–water partition coefficient (Wildman–Crippen LogP) is 4.01. The minimum Gasteiger partial charge on any atom is -0.0988 e. The molecule has 0 radical (unpaired) electrons. The van der Waals surface area contributed by atoms with E-state index in [1.807, 2.05) is 6.08 Å². The van der Waals surface area contributed by atoms with Gasteiger partial charge in [-0.15, -0.1) is 0 Å². The van der Waals surface area contributed by atoms with E-state index in [1.165, 1.54) is 36.8 Å². The number of allylic oxidation sites excluding steroid dienone is 5. The van der Waals surface area contributed by atoms with Crippen LogP contribution in [0.25, 0.3) is 0 Å². The number of rotatable bonds is 3. The second-order valence-corrected chi connectivity index (χ2v) is 3.27. The smallest absolute Gasteiger partial charge is 0.0276 e. The molecule has 66 valence electrons. The molecule has 0 aliphatic heterocycles. The van der Waals surface area contributed by atoms with Gasteiger partial charge in [-0.2, -0.15) is 0 Å². The Morgan fingerprint density at radius 1 is 1.25 bits per heavy atom. The van der Waals surface area contributed by atoms with E-state index in [2.05, 4.69) is 25.7 Å². The van der Waals surface area contributed by atoms with Gasteiger partial charge in [-0.05, 0) is 43.3 Å². The van der Waals surface area contributed by atoms with Crippen molar-refractivity contribution >= 4 is 0 Å². The van der Waals surface area contributed by atoms with Crippen molar-refractivity contribution in [3.8, 4) is 0 Å². The van der Waals surface area contributed by atoms with Crippen LogP contribution in [0.15, 0.2) is 36.0 Å². The van der Waals surface area contributed by atoms with Crippen molar-refractivity contribution in [3.05, 3.63) is 36.0 Å². The molecule has 0 spiro atoms. The van der Waals surface area contributed by atoms with Gasteiger partial charge in [-0.25, -0.2) is 0 Å². The highest BCUT2D eigenvalue weighted by atomic mass is 14.1. The molecule has 0 amide bonds. The van der Waals surface area contributed by atoms with Gasteiger partial charge in [0.2, 0.25) is 0 Å². The lowest BCUT2D eigenvalue weighted by atomic mass is 9.91. The van der Waals surface area contributed by atoms with Gasteiger partial charge < -0.3 is 0 Å². The van der Waals surface area contributed by atoms with Crippen LogP contribution in [0.4, 0.5) is 0 Å². The van der Waals surface area contributed by atoms with E-state index in [0.29, 0.717) is 0 Å². The van der Waals surface area contributed by atoms with Gasteiger partial charge in [-0.3, -0.25) is 0 Å². The molecular weight excluding hydrogens is 144 g/mol. The highest BCUT2D eigenvalue weighted by Crippen LogP contribution is 2.26. The van der Waals surface area contributed by atoms with E-state index < -0.39 is 0 Å². The van der Waals surface area contributed by atoms with Gasteiger partial charge in [-0.1, -0.05) is 31.7 Å². The normalized spacial score (nSPS) is 18.8. The molecule has 1 aliphatic carbocycles. The first-order chi connectivity index (χ1) is 5.88. The first kappa shape index (κ1) is 9.31. The van der Waals surface area contributed by atoms with Crippen LogP contribution < -0.4 is 0 Å². The molecule has 0 bridgehead atoms. The first-order valence-electron chi connectivity index (χ1n) is 4.89. The average molecular weight is 162 g/mol. The van der Waals surface area contributed by atoms with Crippen LogP contribution in [0, 0.1) is 0 Å². The average Bonchev–Trinajstić information content (AvgIpc) is 2.15. The molecule has 1 aliphatic rings. The summed E-state index contributed by atoms with van der Waals surface area (Å²) < 4.78 is 0. The molecule has 0 aromatic heterocycles. The fourth-order valence-electron chi connectivity index (χ4n) is 1.64. The van der Waals surface area contributed by atoms with E-state index in [9.17, 15) is 0 Å². The molecule has 0 saturated carbocycles. The maximum absolute atomic E-state index is 3.85. The predicted molar refractivity (Wildman–Crippen MR) is 55.1 cm³/mol. The van der Waals surface area contributed by atoms with Crippen molar-refractivity contribution in [1.29, 1.82) is 0 Å². The zero-order valence-electron chi connectivity index (χ0n) is 7.97. The Morgan fingerprint density at radius 2 is 1.92 bits per heavy atom. The van der Waals surface area contributed by atoms with Crippen LogP contribution in [0.1, 0.15) is 39.0 Å². The van der Waals surface area contributed by atoms with E-state index in [4.69, 9.17) is 0 Å². The fraction of sp³-hybridized carbons (Fsp3) is 0.500. The maximum atomic E-state index is 3.85. The van der Waals surface area contributed by atoms with Crippen LogP contribution >= 0.6 is 0 Å². The number of hydrogen-bond donors (Lipinski definition) is 0. The van der Waals surface area contributed by atoms with Crippen molar-refractivity contribution < 1.29 is 0 Å². The molecule has 0 unspecified atom stereocenters. The van der Waals surface area contributed by atoms with Crippen molar-refractivity contribution in [1.82, 2.24) is 0 Å². The lowest BCUT2D eigenvalue weighted by Gasteiger charge is -2.14.